The number of anilines is 2. The van der Waals surface area contributed by atoms with Crippen molar-refractivity contribution in [1.29, 1.82) is 0 Å². The number of hydrogen-bond acceptors (Lipinski definition) is 3. The number of amides is 2. The Labute approximate surface area is 159 Å². The van der Waals surface area contributed by atoms with Gasteiger partial charge in [0.15, 0.2) is 0 Å². The van der Waals surface area contributed by atoms with Gasteiger partial charge in [0.25, 0.3) is 0 Å². The third-order valence-corrected chi connectivity index (χ3v) is 4.34. The highest BCUT2D eigenvalue weighted by Crippen LogP contribution is 2.29. The zero-order valence-corrected chi connectivity index (χ0v) is 15.2. The molecular formula is C18H15Cl2N3O3. The predicted molar refractivity (Wildman–Crippen MR) is 103 cm³/mol. The molecule has 0 bridgehead atoms. The first-order valence-corrected chi connectivity index (χ1v) is 8.56. The molecule has 3 N–H and O–H groups in total. The summed E-state index contributed by atoms with van der Waals surface area (Å²) in [6, 6.07) is 11.4. The maximum absolute atomic E-state index is 12.4. The van der Waals surface area contributed by atoms with Gasteiger partial charge in [0.1, 0.15) is 5.69 Å². The lowest BCUT2D eigenvalue weighted by Crippen LogP contribution is -2.21. The number of urea groups is 1. The first-order valence-electron chi connectivity index (χ1n) is 7.80. The highest BCUT2D eigenvalue weighted by molar-refractivity contribution is 6.42. The summed E-state index contributed by atoms with van der Waals surface area (Å²) in [5, 5.41) is 6.75. The minimum absolute atomic E-state index is 0.178. The summed E-state index contributed by atoms with van der Waals surface area (Å²) in [6.07, 6.45) is 0. The molecule has 1 heterocycles. The summed E-state index contributed by atoms with van der Waals surface area (Å²) in [5.74, 6) is -0.548. The largest absolute Gasteiger partial charge is 0.461 e. The van der Waals surface area contributed by atoms with Crippen LogP contribution in [0.4, 0.5) is 16.2 Å². The van der Waals surface area contributed by atoms with Crippen molar-refractivity contribution in [3.63, 3.8) is 0 Å². The summed E-state index contributed by atoms with van der Waals surface area (Å²) in [4.78, 5) is 27.6. The molecule has 26 heavy (non-hydrogen) atoms. The van der Waals surface area contributed by atoms with Gasteiger partial charge in [-0.15, -0.1) is 0 Å². The Balaban J connectivity index is 1.89. The van der Waals surface area contributed by atoms with E-state index in [9.17, 15) is 9.59 Å². The fourth-order valence-corrected chi connectivity index (χ4v) is 2.78. The van der Waals surface area contributed by atoms with Gasteiger partial charge in [0.2, 0.25) is 0 Å². The molecule has 2 aromatic carbocycles. The summed E-state index contributed by atoms with van der Waals surface area (Å²) in [7, 11) is 0. The number of hydrogen-bond donors (Lipinski definition) is 3. The quantitative estimate of drug-likeness (QED) is 0.527. The second kappa shape index (κ2) is 7.68. The fourth-order valence-electron chi connectivity index (χ4n) is 2.48. The van der Waals surface area contributed by atoms with E-state index in [1.165, 1.54) is 6.07 Å². The third-order valence-electron chi connectivity index (χ3n) is 3.60. The van der Waals surface area contributed by atoms with Gasteiger partial charge < -0.3 is 20.4 Å². The monoisotopic (exact) mass is 391 g/mol. The molecule has 0 spiro atoms. The number of esters is 1. The molecule has 0 aliphatic carbocycles. The van der Waals surface area contributed by atoms with Crippen LogP contribution >= 0.6 is 23.2 Å². The fraction of sp³-hybridized carbons (Fsp3) is 0.111. The molecule has 0 saturated heterocycles. The number of carbonyl (C=O) groups is 2. The van der Waals surface area contributed by atoms with E-state index < -0.39 is 12.0 Å². The van der Waals surface area contributed by atoms with Gasteiger partial charge in [-0.05, 0) is 31.2 Å². The predicted octanol–water partition coefficient (Wildman–Crippen LogP) is 5.30. The van der Waals surface area contributed by atoms with Gasteiger partial charge in [-0.2, -0.15) is 0 Å². The van der Waals surface area contributed by atoms with Crippen LogP contribution in [0, 0.1) is 0 Å². The van der Waals surface area contributed by atoms with E-state index in [4.69, 9.17) is 27.9 Å². The van der Waals surface area contributed by atoms with Gasteiger partial charge in [-0.25, -0.2) is 9.59 Å². The molecule has 0 fully saturated rings. The second-order valence-corrected chi connectivity index (χ2v) is 6.16. The highest BCUT2D eigenvalue weighted by Gasteiger charge is 2.20. The van der Waals surface area contributed by atoms with Crippen LogP contribution in [0.1, 0.15) is 17.4 Å². The minimum Gasteiger partial charge on any atom is -0.461 e. The average Bonchev–Trinajstić information content (AvgIpc) is 2.97. The molecule has 6 nitrogen and oxygen atoms in total. The Morgan fingerprint density at radius 3 is 2.58 bits per heavy atom. The molecule has 3 rings (SSSR count). The smallest absolute Gasteiger partial charge is 0.356 e. The maximum Gasteiger partial charge on any atom is 0.356 e. The summed E-state index contributed by atoms with van der Waals surface area (Å²) >= 11 is 11.8. The van der Waals surface area contributed by atoms with E-state index in [1.807, 2.05) is 12.1 Å². The van der Waals surface area contributed by atoms with Crippen LogP contribution < -0.4 is 10.6 Å². The number of ether oxygens (including phenoxy) is 1. The average molecular weight is 392 g/mol. The third kappa shape index (κ3) is 3.76. The zero-order valence-electron chi connectivity index (χ0n) is 13.7. The lowest BCUT2D eigenvalue weighted by molar-refractivity contribution is 0.0522. The molecule has 0 atom stereocenters. The van der Waals surface area contributed by atoms with E-state index in [2.05, 4.69) is 15.6 Å². The lowest BCUT2D eigenvalue weighted by Gasteiger charge is -2.09. The standard InChI is InChI=1S/C18H15Cl2N3O3/c1-2-26-17(24)16-15(11-5-3-4-6-14(11)22-16)23-18(25)21-10-7-8-12(19)13(20)9-10/h3-9,22H,2H2,1H3,(H2,21,23,25). The Morgan fingerprint density at radius 2 is 1.85 bits per heavy atom. The number of nitrogens with one attached hydrogen (secondary N) is 3. The Bertz CT molecular complexity index is 985. The van der Waals surface area contributed by atoms with Crippen molar-refractivity contribution in [3.8, 4) is 0 Å². The number of aromatic nitrogens is 1. The molecule has 1 aromatic heterocycles. The molecule has 0 unspecified atom stereocenters. The van der Waals surface area contributed by atoms with Gasteiger partial charge in [-0.3, -0.25) is 0 Å². The van der Waals surface area contributed by atoms with Crippen LogP contribution in [0.5, 0.6) is 0 Å². The molecule has 134 valence electrons. The molecule has 0 aliphatic heterocycles. The van der Waals surface area contributed by atoms with Crippen molar-refractivity contribution in [2.75, 3.05) is 17.2 Å². The van der Waals surface area contributed by atoms with E-state index in [0.29, 0.717) is 32.3 Å². The number of fused-ring (bicyclic) bond motifs is 1. The van der Waals surface area contributed by atoms with Crippen molar-refractivity contribution < 1.29 is 14.3 Å². The Hall–Kier alpha value is -2.70. The molecular weight excluding hydrogens is 377 g/mol. The van der Waals surface area contributed by atoms with Gasteiger partial charge >= 0.3 is 12.0 Å². The Morgan fingerprint density at radius 1 is 1.08 bits per heavy atom. The summed E-state index contributed by atoms with van der Waals surface area (Å²) < 4.78 is 5.05. The molecule has 8 heteroatoms. The first kappa shape index (κ1) is 18.1. The number of para-hydroxylation sites is 1. The lowest BCUT2D eigenvalue weighted by atomic mass is 10.2. The maximum atomic E-state index is 12.4. The molecule has 0 saturated carbocycles. The minimum atomic E-state index is -0.548. The van der Waals surface area contributed by atoms with Crippen molar-refractivity contribution in [1.82, 2.24) is 4.98 Å². The van der Waals surface area contributed by atoms with E-state index in [-0.39, 0.29) is 12.3 Å². The molecule has 0 radical (unpaired) electrons. The SMILES string of the molecule is CCOC(=O)c1[nH]c2ccccc2c1NC(=O)Nc1ccc(Cl)c(Cl)c1. The highest BCUT2D eigenvalue weighted by atomic mass is 35.5. The van der Waals surface area contributed by atoms with Gasteiger partial charge in [0.05, 0.1) is 22.3 Å². The van der Waals surface area contributed by atoms with Crippen LogP contribution in [-0.4, -0.2) is 23.6 Å². The molecule has 0 aliphatic rings. The second-order valence-electron chi connectivity index (χ2n) is 5.35. The molecule has 3 aromatic rings. The van der Waals surface area contributed by atoms with Crippen LogP contribution in [0.15, 0.2) is 42.5 Å². The number of aromatic amines is 1. The number of rotatable bonds is 4. The zero-order chi connectivity index (χ0) is 18.7. The van der Waals surface area contributed by atoms with Crippen molar-refractivity contribution in [3.05, 3.63) is 58.2 Å². The number of carbonyl (C=O) groups excluding carboxylic acids is 2. The van der Waals surface area contributed by atoms with Crippen LogP contribution in [0.3, 0.4) is 0 Å². The van der Waals surface area contributed by atoms with E-state index in [0.717, 1.165) is 0 Å². The van der Waals surface area contributed by atoms with Gasteiger partial charge in [0, 0.05) is 16.6 Å². The number of H-pyrrole nitrogens is 1. The van der Waals surface area contributed by atoms with Gasteiger partial charge in [-0.1, -0.05) is 41.4 Å². The summed E-state index contributed by atoms with van der Waals surface area (Å²) in [5.41, 5.74) is 1.70. The van der Waals surface area contributed by atoms with Crippen molar-refractivity contribution >= 4 is 57.5 Å². The van der Waals surface area contributed by atoms with Crippen molar-refractivity contribution in [2.24, 2.45) is 0 Å². The van der Waals surface area contributed by atoms with E-state index in [1.54, 1.807) is 31.2 Å². The Kier molecular flexibility index (Phi) is 5.35. The summed E-state index contributed by atoms with van der Waals surface area (Å²) in [6.45, 7) is 1.94. The van der Waals surface area contributed by atoms with Crippen LogP contribution in [0.25, 0.3) is 10.9 Å². The molecule has 2 amide bonds. The number of halogens is 2. The first-order chi connectivity index (χ1) is 12.5. The van der Waals surface area contributed by atoms with Crippen LogP contribution in [-0.2, 0) is 4.74 Å². The topological polar surface area (TPSA) is 83.2 Å². The number of benzene rings is 2. The normalized spacial score (nSPS) is 10.6. The van der Waals surface area contributed by atoms with Crippen LogP contribution in [0.2, 0.25) is 10.0 Å². The van der Waals surface area contributed by atoms with Crippen molar-refractivity contribution in [2.45, 2.75) is 6.92 Å². The van der Waals surface area contributed by atoms with E-state index >= 15 is 0 Å².